The molecule has 2 saturated heterocycles. The molecular weight excluding hydrogens is 250 g/mol. The largest absolute Gasteiger partial charge is 0.479 e. The molecule has 0 aromatic heterocycles. The van der Waals surface area contributed by atoms with Crippen molar-refractivity contribution in [1.29, 1.82) is 0 Å². The van der Waals surface area contributed by atoms with E-state index in [-0.39, 0.29) is 12.6 Å². The van der Waals surface area contributed by atoms with Gasteiger partial charge in [-0.25, -0.2) is 9.59 Å². The molecule has 2 aliphatic heterocycles. The second kappa shape index (κ2) is 6.21. The van der Waals surface area contributed by atoms with Crippen LogP contribution in [0.2, 0.25) is 0 Å². The zero-order valence-electron chi connectivity index (χ0n) is 10.9. The number of nitrogens with zero attached hydrogens (tertiary/aromatic N) is 2. The highest BCUT2D eigenvalue weighted by molar-refractivity contribution is 5.76. The predicted octanol–water partition coefficient (Wildman–Crippen LogP) is -0.688. The number of fused-ring (bicyclic) bond motifs is 1. The first-order valence-corrected chi connectivity index (χ1v) is 6.75. The van der Waals surface area contributed by atoms with Gasteiger partial charge in [-0.1, -0.05) is 6.42 Å². The van der Waals surface area contributed by atoms with E-state index >= 15 is 0 Å². The Kier molecular flexibility index (Phi) is 4.60. The van der Waals surface area contributed by atoms with Gasteiger partial charge in [0, 0.05) is 25.7 Å². The quantitative estimate of drug-likeness (QED) is 0.632. The fourth-order valence-corrected chi connectivity index (χ4v) is 2.72. The lowest BCUT2D eigenvalue weighted by atomic mass is 10.00. The maximum atomic E-state index is 11.9. The van der Waals surface area contributed by atoms with Crippen molar-refractivity contribution in [2.45, 2.75) is 31.4 Å². The minimum Gasteiger partial charge on any atom is -0.479 e. The van der Waals surface area contributed by atoms with Gasteiger partial charge in [0.25, 0.3) is 0 Å². The van der Waals surface area contributed by atoms with Crippen molar-refractivity contribution in [2.24, 2.45) is 0 Å². The molecule has 2 fully saturated rings. The molecule has 108 valence electrons. The van der Waals surface area contributed by atoms with Crippen LogP contribution >= 0.6 is 0 Å². The number of rotatable bonds is 3. The lowest BCUT2D eigenvalue weighted by molar-refractivity contribution is -0.146. The molecule has 7 heteroatoms. The van der Waals surface area contributed by atoms with E-state index in [0.717, 1.165) is 19.5 Å². The monoisotopic (exact) mass is 271 g/mol. The van der Waals surface area contributed by atoms with Gasteiger partial charge < -0.3 is 20.4 Å². The van der Waals surface area contributed by atoms with Crippen molar-refractivity contribution in [3.05, 3.63) is 0 Å². The number of carboxylic acid groups (broad SMARTS) is 1. The maximum Gasteiger partial charge on any atom is 0.334 e. The molecule has 2 amide bonds. The van der Waals surface area contributed by atoms with Crippen LogP contribution in [0.3, 0.4) is 0 Å². The third-order valence-corrected chi connectivity index (χ3v) is 3.86. The van der Waals surface area contributed by atoms with Crippen LogP contribution in [0.25, 0.3) is 0 Å². The van der Waals surface area contributed by atoms with Crippen LogP contribution in [-0.2, 0) is 4.79 Å². The van der Waals surface area contributed by atoms with Crippen LogP contribution in [0.5, 0.6) is 0 Å². The van der Waals surface area contributed by atoms with E-state index in [4.69, 9.17) is 10.2 Å². The molecule has 2 aliphatic rings. The minimum absolute atomic E-state index is 0.251. The fraction of sp³-hybridized carbons (Fsp3) is 0.833. The molecule has 0 bridgehead atoms. The molecule has 0 aromatic carbocycles. The topological polar surface area (TPSA) is 93.1 Å². The molecule has 0 radical (unpaired) electrons. The van der Waals surface area contributed by atoms with E-state index in [1.165, 1.54) is 12.8 Å². The molecule has 1 unspecified atom stereocenters. The standard InChI is InChI=1S/C12H21N3O4/c16-10(11(17)18)7-13-12(19)15-6-5-14-4-2-1-3-9(14)8-15/h9-10,16H,1-8H2,(H,13,19)(H,17,18)/t9?,10-/m0/s1. The maximum absolute atomic E-state index is 11.9. The first-order chi connectivity index (χ1) is 9.08. The Morgan fingerprint density at radius 1 is 1.26 bits per heavy atom. The first-order valence-electron chi connectivity index (χ1n) is 6.75. The molecule has 0 aliphatic carbocycles. The normalized spacial score (nSPS) is 25.5. The molecule has 2 atom stereocenters. The minimum atomic E-state index is -1.54. The number of carbonyl (C=O) groups excluding carboxylic acids is 1. The Morgan fingerprint density at radius 3 is 2.79 bits per heavy atom. The number of amides is 2. The van der Waals surface area contributed by atoms with E-state index in [0.29, 0.717) is 19.1 Å². The highest BCUT2D eigenvalue weighted by atomic mass is 16.4. The van der Waals surface area contributed by atoms with Gasteiger partial charge in [0.2, 0.25) is 0 Å². The van der Waals surface area contributed by atoms with Crippen LogP contribution in [0, 0.1) is 0 Å². The predicted molar refractivity (Wildman–Crippen MR) is 67.8 cm³/mol. The number of piperidine rings is 1. The fourth-order valence-electron chi connectivity index (χ4n) is 2.72. The van der Waals surface area contributed by atoms with Gasteiger partial charge in [0.05, 0.1) is 6.54 Å². The smallest absolute Gasteiger partial charge is 0.334 e. The lowest BCUT2D eigenvalue weighted by Crippen LogP contribution is -2.58. The number of piperazine rings is 1. The molecular formula is C12H21N3O4. The van der Waals surface area contributed by atoms with Gasteiger partial charge in [-0.2, -0.15) is 0 Å². The van der Waals surface area contributed by atoms with E-state index in [9.17, 15) is 9.59 Å². The van der Waals surface area contributed by atoms with Gasteiger partial charge in [0.15, 0.2) is 6.10 Å². The SMILES string of the molecule is O=C(O)[C@@H](O)CNC(=O)N1CCN2CCCCC2C1. The van der Waals surface area contributed by atoms with Crippen molar-refractivity contribution in [2.75, 3.05) is 32.7 Å². The average Bonchev–Trinajstić information content (AvgIpc) is 2.43. The molecule has 7 nitrogen and oxygen atoms in total. The van der Waals surface area contributed by atoms with Crippen LogP contribution in [-0.4, -0.2) is 76.9 Å². The Labute approximate surface area is 112 Å². The number of aliphatic hydroxyl groups excluding tert-OH is 1. The summed E-state index contributed by atoms with van der Waals surface area (Å²) >= 11 is 0. The summed E-state index contributed by atoms with van der Waals surface area (Å²) in [7, 11) is 0. The van der Waals surface area contributed by atoms with Crippen molar-refractivity contribution in [1.82, 2.24) is 15.1 Å². The average molecular weight is 271 g/mol. The Hall–Kier alpha value is -1.34. The molecule has 2 heterocycles. The summed E-state index contributed by atoms with van der Waals surface area (Å²) in [4.78, 5) is 26.5. The van der Waals surface area contributed by atoms with E-state index < -0.39 is 12.1 Å². The Balaban J connectivity index is 1.78. The number of hydrogen-bond donors (Lipinski definition) is 3. The summed E-state index contributed by atoms with van der Waals surface area (Å²) < 4.78 is 0. The highest BCUT2D eigenvalue weighted by Gasteiger charge is 2.31. The van der Waals surface area contributed by atoms with Gasteiger partial charge in [0.1, 0.15) is 0 Å². The van der Waals surface area contributed by atoms with Gasteiger partial charge in [-0.05, 0) is 19.4 Å². The van der Waals surface area contributed by atoms with E-state index in [1.54, 1.807) is 4.90 Å². The zero-order chi connectivity index (χ0) is 13.8. The van der Waals surface area contributed by atoms with E-state index in [2.05, 4.69) is 10.2 Å². The van der Waals surface area contributed by atoms with Crippen LogP contribution in [0.4, 0.5) is 4.79 Å². The summed E-state index contributed by atoms with van der Waals surface area (Å²) in [6.45, 7) is 3.08. The van der Waals surface area contributed by atoms with Crippen molar-refractivity contribution in [3.8, 4) is 0 Å². The lowest BCUT2D eigenvalue weighted by Gasteiger charge is -2.43. The third kappa shape index (κ3) is 3.57. The van der Waals surface area contributed by atoms with Crippen LogP contribution in [0.15, 0.2) is 0 Å². The highest BCUT2D eigenvalue weighted by Crippen LogP contribution is 2.20. The van der Waals surface area contributed by atoms with Crippen LogP contribution < -0.4 is 5.32 Å². The summed E-state index contributed by atoms with van der Waals surface area (Å²) in [5.41, 5.74) is 0. The van der Waals surface area contributed by atoms with Crippen molar-refractivity contribution in [3.63, 3.8) is 0 Å². The molecule has 2 rings (SSSR count). The number of nitrogens with one attached hydrogen (secondary N) is 1. The number of carboxylic acids is 1. The number of urea groups is 1. The molecule has 19 heavy (non-hydrogen) atoms. The van der Waals surface area contributed by atoms with Crippen molar-refractivity contribution >= 4 is 12.0 Å². The Morgan fingerprint density at radius 2 is 2.05 bits per heavy atom. The van der Waals surface area contributed by atoms with Crippen LogP contribution in [0.1, 0.15) is 19.3 Å². The van der Waals surface area contributed by atoms with Gasteiger partial charge in [-0.15, -0.1) is 0 Å². The summed E-state index contributed by atoms with van der Waals surface area (Å²) in [6, 6.07) is 0.142. The number of carbonyl (C=O) groups is 2. The molecule has 0 spiro atoms. The summed E-state index contributed by atoms with van der Waals surface area (Å²) in [5, 5.41) is 20.1. The second-order valence-corrected chi connectivity index (χ2v) is 5.17. The molecule has 0 aromatic rings. The first kappa shape index (κ1) is 14.1. The zero-order valence-corrected chi connectivity index (χ0v) is 10.9. The number of aliphatic hydroxyl groups is 1. The number of hydrogen-bond acceptors (Lipinski definition) is 4. The van der Waals surface area contributed by atoms with Crippen molar-refractivity contribution < 1.29 is 19.8 Å². The molecule has 3 N–H and O–H groups in total. The second-order valence-electron chi connectivity index (χ2n) is 5.17. The van der Waals surface area contributed by atoms with Gasteiger partial charge in [-0.3, -0.25) is 4.90 Å². The van der Waals surface area contributed by atoms with E-state index in [1.807, 2.05) is 0 Å². The van der Waals surface area contributed by atoms with Gasteiger partial charge >= 0.3 is 12.0 Å². The number of aliphatic carboxylic acids is 1. The summed E-state index contributed by atoms with van der Waals surface area (Å²) in [5.74, 6) is -1.32. The third-order valence-electron chi connectivity index (χ3n) is 3.86. The molecule has 0 saturated carbocycles. The Bertz CT molecular complexity index is 350. The summed E-state index contributed by atoms with van der Waals surface area (Å²) in [6.07, 6.45) is 2.00.